The highest BCUT2D eigenvalue weighted by atomic mass is 35.5. The normalized spacial score (nSPS) is 16.1. The fraction of sp³-hybridized carbons (Fsp3) is 0.688. The van der Waals surface area contributed by atoms with Crippen LogP contribution in [0.3, 0.4) is 0 Å². The Hall–Kier alpha value is -0.670. The Kier molecular flexibility index (Phi) is 9.37. The molecule has 0 amide bonds. The number of nitrogens with one attached hydrogen (secondary N) is 2. The van der Waals surface area contributed by atoms with Gasteiger partial charge in [0, 0.05) is 19.1 Å². The maximum absolute atomic E-state index is 12.5. The van der Waals surface area contributed by atoms with E-state index in [9.17, 15) is 13.2 Å². The van der Waals surface area contributed by atoms with Crippen LogP contribution >= 0.6 is 23.7 Å². The summed E-state index contributed by atoms with van der Waals surface area (Å²) in [6.45, 7) is 2.57. The van der Waals surface area contributed by atoms with Gasteiger partial charge in [0.1, 0.15) is 9.77 Å². The first-order valence-electron chi connectivity index (χ1n) is 8.35. The van der Waals surface area contributed by atoms with E-state index in [1.54, 1.807) is 12.3 Å². The van der Waals surface area contributed by atoms with Crippen LogP contribution in [0.2, 0.25) is 0 Å². The van der Waals surface area contributed by atoms with Crippen molar-refractivity contribution in [3.63, 3.8) is 0 Å². The summed E-state index contributed by atoms with van der Waals surface area (Å²) in [6.07, 6.45) is 7.36. The average molecular weight is 411 g/mol. The number of sulfonamides is 1. The summed E-state index contributed by atoms with van der Waals surface area (Å²) >= 11 is 1.09. The Balaban J connectivity index is 0.00000312. The Morgan fingerprint density at radius 1 is 1.24 bits per heavy atom. The number of esters is 1. The van der Waals surface area contributed by atoms with E-state index < -0.39 is 16.0 Å². The number of ether oxygens (including phenoxy) is 1. The number of halogens is 1. The molecule has 1 fully saturated rings. The zero-order valence-electron chi connectivity index (χ0n) is 14.7. The van der Waals surface area contributed by atoms with Crippen molar-refractivity contribution in [2.45, 2.75) is 56.4 Å². The van der Waals surface area contributed by atoms with Crippen LogP contribution < -0.4 is 10.0 Å². The summed E-state index contributed by atoms with van der Waals surface area (Å²) in [5, 5.41) is 5.08. The third-order valence-corrected chi connectivity index (χ3v) is 7.12. The molecule has 1 aromatic rings. The van der Waals surface area contributed by atoms with E-state index in [0.717, 1.165) is 24.2 Å². The number of rotatable bonds is 7. The molecule has 6 nitrogen and oxygen atoms in total. The summed E-state index contributed by atoms with van der Waals surface area (Å²) in [4.78, 5) is 11.9. The van der Waals surface area contributed by atoms with Gasteiger partial charge in [-0.15, -0.1) is 23.7 Å². The number of thiophene rings is 1. The monoisotopic (exact) mass is 410 g/mol. The van der Waals surface area contributed by atoms with E-state index in [4.69, 9.17) is 0 Å². The largest absolute Gasteiger partial charge is 0.465 e. The van der Waals surface area contributed by atoms with Crippen molar-refractivity contribution in [3.05, 3.63) is 15.8 Å². The van der Waals surface area contributed by atoms with Crippen LogP contribution in [0.1, 0.15) is 53.8 Å². The molecule has 0 atom stereocenters. The van der Waals surface area contributed by atoms with Crippen LogP contribution in [0.15, 0.2) is 10.3 Å². The second kappa shape index (κ2) is 10.5. The second-order valence-electron chi connectivity index (χ2n) is 6.11. The predicted molar refractivity (Wildman–Crippen MR) is 102 cm³/mol. The number of methoxy groups -OCH3 is 1. The highest BCUT2D eigenvalue weighted by Crippen LogP contribution is 2.27. The predicted octanol–water partition coefficient (Wildman–Crippen LogP) is 2.86. The minimum atomic E-state index is -3.72. The smallest absolute Gasteiger partial charge is 0.349 e. The van der Waals surface area contributed by atoms with Crippen molar-refractivity contribution in [2.75, 3.05) is 20.2 Å². The first-order valence-corrected chi connectivity index (χ1v) is 10.7. The van der Waals surface area contributed by atoms with Gasteiger partial charge in [-0.3, -0.25) is 0 Å². The van der Waals surface area contributed by atoms with Gasteiger partial charge in [-0.05, 0) is 30.7 Å². The summed E-state index contributed by atoms with van der Waals surface area (Å²) in [7, 11) is -2.48. The standard InChI is InChI=1S/C16H26N2O4S2.ClH/c1-12-11-23-14(16(19)22-2)15(12)24(20,21)18-10-9-17-13-7-5-3-4-6-8-13;/h11,13,17-18H,3-10H2,1-2H3;1H. The van der Waals surface area contributed by atoms with Gasteiger partial charge in [0.25, 0.3) is 0 Å². The fourth-order valence-corrected chi connectivity index (χ4v) is 5.75. The number of hydrogen-bond donors (Lipinski definition) is 2. The van der Waals surface area contributed by atoms with Gasteiger partial charge in [-0.1, -0.05) is 25.7 Å². The molecule has 0 bridgehead atoms. The van der Waals surface area contributed by atoms with Crippen molar-refractivity contribution in [2.24, 2.45) is 0 Å². The van der Waals surface area contributed by atoms with Gasteiger partial charge in [-0.25, -0.2) is 17.9 Å². The number of hydrogen-bond acceptors (Lipinski definition) is 6. The lowest BCUT2D eigenvalue weighted by molar-refractivity contribution is 0.0602. The van der Waals surface area contributed by atoms with E-state index in [0.29, 0.717) is 24.7 Å². The summed E-state index contributed by atoms with van der Waals surface area (Å²) in [5.41, 5.74) is 0.560. The Morgan fingerprint density at radius 3 is 2.48 bits per heavy atom. The molecule has 0 unspecified atom stereocenters. The Bertz CT molecular complexity index is 653. The van der Waals surface area contributed by atoms with Gasteiger partial charge in [0.15, 0.2) is 0 Å². The molecule has 0 aliphatic heterocycles. The summed E-state index contributed by atoms with van der Waals surface area (Å²) in [6, 6.07) is 0.477. The van der Waals surface area contributed by atoms with Crippen molar-refractivity contribution in [1.29, 1.82) is 0 Å². The van der Waals surface area contributed by atoms with Gasteiger partial charge in [0.2, 0.25) is 10.0 Å². The van der Waals surface area contributed by atoms with Crippen LogP contribution in [0.5, 0.6) is 0 Å². The molecule has 1 heterocycles. The topological polar surface area (TPSA) is 84.5 Å². The van der Waals surface area contributed by atoms with E-state index in [2.05, 4.69) is 14.8 Å². The zero-order chi connectivity index (χ0) is 17.6. The van der Waals surface area contributed by atoms with Crippen LogP contribution in [-0.2, 0) is 14.8 Å². The zero-order valence-corrected chi connectivity index (χ0v) is 17.1. The van der Waals surface area contributed by atoms with E-state index in [1.165, 1.54) is 32.8 Å². The fourth-order valence-electron chi connectivity index (χ4n) is 3.02. The molecule has 2 rings (SSSR count). The quantitative estimate of drug-likeness (QED) is 0.410. The van der Waals surface area contributed by atoms with Gasteiger partial charge in [0.05, 0.1) is 7.11 Å². The number of aryl methyl sites for hydroxylation is 1. The van der Waals surface area contributed by atoms with Crippen LogP contribution in [0.4, 0.5) is 0 Å². The molecule has 2 N–H and O–H groups in total. The molecule has 1 aliphatic carbocycles. The molecular weight excluding hydrogens is 384 g/mol. The minimum absolute atomic E-state index is 0. The van der Waals surface area contributed by atoms with Crippen LogP contribution in [0.25, 0.3) is 0 Å². The highest BCUT2D eigenvalue weighted by Gasteiger charge is 2.27. The minimum Gasteiger partial charge on any atom is -0.465 e. The van der Waals surface area contributed by atoms with E-state index in [1.807, 2.05) is 0 Å². The lowest BCUT2D eigenvalue weighted by Crippen LogP contribution is -2.37. The first kappa shape index (κ1) is 22.4. The Morgan fingerprint density at radius 2 is 1.88 bits per heavy atom. The first-order chi connectivity index (χ1) is 11.5. The Labute approximate surface area is 160 Å². The second-order valence-corrected chi connectivity index (χ2v) is 8.69. The molecule has 1 saturated carbocycles. The summed E-state index contributed by atoms with van der Waals surface area (Å²) < 4.78 is 32.3. The molecule has 0 radical (unpaired) electrons. The number of carbonyl (C=O) groups excluding carboxylic acids is 1. The molecule has 25 heavy (non-hydrogen) atoms. The molecular formula is C16H27ClN2O4S2. The van der Waals surface area contributed by atoms with Gasteiger partial charge >= 0.3 is 5.97 Å². The molecule has 144 valence electrons. The van der Waals surface area contributed by atoms with Crippen molar-refractivity contribution >= 4 is 39.7 Å². The average Bonchev–Trinajstić information content (AvgIpc) is 2.78. The third-order valence-electron chi connectivity index (χ3n) is 4.26. The SMILES string of the molecule is COC(=O)c1scc(C)c1S(=O)(=O)NCCNC1CCCCCC1.Cl. The molecule has 1 aromatic heterocycles. The highest BCUT2D eigenvalue weighted by molar-refractivity contribution is 7.89. The van der Waals surface area contributed by atoms with Crippen molar-refractivity contribution in [1.82, 2.24) is 10.0 Å². The van der Waals surface area contributed by atoms with Crippen LogP contribution in [-0.4, -0.2) is 40.6 Å². The van der Waals surface area contributed by atoms with Gasteiger partial charge < -0.3 is 10.1 Å². The van der Waals surface area contributed by atoms with Crippen LogP contribution in [0, 0.1) is 6.92 Å². The number of carbonyl (C=O) groups is 1. The maximum Gasteiger partial charge on any atom is 0.349 e. The van der Waals surface area contributed by atoms with Crippen molar-refractivity contribution < 1.29 is 17.9 Å². The summed E-state index contributed by atoms with van der Waals surface area (Å²) in [5.74, 6) is -0.620. The third kappa shape index (κ3) is 6.21. The lowest BCUT2D eigenvalue weighted by atomic mass is 10.1. The molecule has 9 heteroatoms. The van der Waals surface area contributed by atoms with E-state index in [-0.39, 0.29) is 22.2 Å². The molecule has 0 aromatic carbocycles. The van der Waals surface area contributed by atoms with Gasteiger partial charge in [-0.2, -0.15) is 0 Å². The molecule has 0 saturated heterocycles. The lowest BCUT2D eigenvalue weighted by Gasteiger charge is -2.16. The van der Waals surface area contributed by atoms with Crippen molar-refractivity contribution in [3.8, 4) is 0 Å². The maximum atomic E-state index is 12.5. The molecule has 0 spiro atoms. The van der Waals surface area contributed by atoms with E-state index >= 15 is 0 Å². The molecule has 1 aliphatic rings.